The van der Waals surface area contributed by atoms with Gasteiger partial charge in [-0.3, -0.25) is 14.9 Å². The van der Waals surface area contributed by atoms with Gasteiger partial charge in [0.15, 0.2) is 10.9 Å². The highest BCUT2D eigenvalue weighted by Crippen LogP contribution is 2.34. The van der Waals surface area contributed by atoms with E-state index in [2.05, 4.69) is 10.3 Å². The van der Waals surface area contributed by atoms with E-state index in [1.54, 1.807) is 43.3 Å². The summed E-state index contributed by atoms with van der Waals surface area (Å²) in [5.41, 5.74) is 1.29. The zero-order valence-electron chi connectivity index (χ0n) is 16.8. The fourth-order valence-electron chi connectivity index (χ4n) is 3.28. The molecule has 2 aromatic carbocycles. The molecule has 1 aromatic heterocycles. The first-order valence-corrected chi connectivity index (χ1v) is 10.3. The lowest BCUT2D eigenvalue weighted by Gasteiger charge is -2.31. The number of ether oxygens (including phenoxy) is 2. The molecule has 1 amide bonds. The molecule has 1 aliphatic heterocycles. The maximum Gasteiger partial charge on any atom is 0.338 e. The number of carbonyl (C=O) groups excluding carboxylic acids is 3. The minimum Gasteiger partial charge on any atom is -0.487 e. The van der Waals surface area contributed by atoms with Crippen molar-refractivity contribution in [1.82, 2.24) is 4.98 Å². The van der Waals surface area contributed by atoms with Gasteiger partial charge in [-0.15, -0.1) is 0 Å². The van der Waals surface area contributed by atoms with E-state index in [-0.39, 0.29) is 18.1 Å². The molecule has 30 heavy (non-hydrogen) atoms. The topological polar surface area (TPSA) is 94.6 Å². The van der Waals surface area contributed by atoms with Crippen LogP contribution in [0.2, 0.25) is 0 Å². The van der Waals surface area contributed by atoms with E-state index in [9.17, 15) is 14.4 Å². The Morgan fingerprint density at radius 3 is 2.73 bits per heavy atom. The molecule has 3 aromatic rings. The van der Waals surface area contributed by atoms with Gasteiger partial charge in [-0.1, -0.05) is 11.3 Å². The van der Waals surface area contributed by atoms with Gasteiger partial charge in [0.25, 0.3) is 5.91 Å². The Labute approximate surface area is 177 Å². The molecule has 2 heterocycles. The van der Waals surface area contributed by atoms with E-state index in [4.69, 9.17) is 9.47 Å². The smallest absolute Gasteiger partial charge is 0.338 e. The van der Waals surface area contributed by atoms with Crippen LogP contribution in [0.5, 0.6) is 5.75 Å². The quantitative estimate of drug-likeness (QED) is 0.621. The van der Waals surface area contributed by atoms with E-state index in [1.807, 2.05) is 13.8 Å². The molecule has 0 saturated heterocycles. The van der Waals surface area contributed by atoms with Gasteiger partial charge < -0.3 is 9.47 Å². The fraction of sp³-hybridized carbons (Fsp3) is 0.273. The summed E-state index contributed by atoms with van der Waals surface area (Å²) in [6.07, 6.45) is 0.256. The summed E-state index contributed by atoms with van der Waals surface area (Å²) in [5.74, 6) is -0.343. The fourth-order valence-corrected chi connectivity index (χ4v) is 4.18. The lowest BCUT2D eigenvalue weighted by atomic mass is 9.92. The molecule has 0 aliphatic carbocycles. The normalized spacial score (nSPS) is 14.7. The number of rotatable bonds is 4. The number of thiazole rings is 1. The monoisotopic (exact) mass is 424 g/mol. The van der Waals surface area contributed by atoms with Crippen LogP contribution in [0, 0.1) is 0 Å². The van der Waals surface area contributed by atoms with Crippen LogP contribution in [0.3, 0.4) is 0 Å². The van der Waals surface area contributed by atoms with Gasteiger partial charge in [0.2, 0.25) is 0 Å². The van der Waals surface area contributed by atoms with Crippen LogP contribution < -0.4 is 10.1 Å². The Bertz CT molecular complexity index is 1180. The highest BCUT2D eigenvalue weighted by atomic mass is 32.1. The number of carbonyl (C=O) groups is 3. The molecule has 0 fully saturated rings. The van der Waals surface area contributed by atoms with E-state index >= 15 is 0 Å². The first-order valence-electron chi connectivity index (χ1n) is 9.51. The van der Waals surface area contributed by atoms with Crippen molar-refractivity contribution in [3.63, 3.8) is 0 Å². The maximum atomic E-state index is 12.7. The zero-order valence-corrected chi connectivity index (χ0v) is 17.6. The van der Waals surface area contributed by atoms with Gasteiger partial charge in [0, 0.05) is 5.56 Å². The largest absolute Gasteiger partial charge is 0.487 e. The van der Waals surface area contributed by atoms with Crippen molar-refractivity contribution in [1.29, 1.82) is 0 Å². The average Bonchev–Trinajstić information content (AvgIpc) is 3.08. The second kappa shape index (κ2) is 7.53. The summed E-state index contributed by atoms with van der Waals surface area (Å²) < 4.78 is 11.6. The number of amides is 1. The summed E-state index contributed by atoms with van der Waals surface area (Å²) in [6.45, 7) is 5.76. The lowest BCUT2D eigenvalue weighted by Crippen LogP contribution is -2.36. The Balaban J connectivity index is 1.55. The minimum absolute atomic E-state index is 0.0534. The van der Waals surface area contributed by atoms with E-state index in [0.717, 1.165) is 4.70 Å². The van der Waals surface area contributed by atoms with Gasteiger partial charge in [-0.2, -0.15) is 0 Å². The van der Waals surface area contributed by atoms with Crippen LogP contribution in [0.25, 0.3) is 10.2 Å². The average molecular weight is 424 g/mol. The number of hydrogen-bond donors (Lipinski definition) is 1. The second-order valence-corrected chi connectivity index (χ2v) is 8.58. The van der Waals surface area contributed by atoms with E-state index < -0.39 is 11.6 Å². The molecule has 0 unspecified atom stereocenters. The van der Waals surface area contributed by atoms with Crippen molar-refractivity contribution < 1.29 is 23.9 Å². The van der Waals surface area contributed by atoms with Gasteiger partial charge in [0.1, 0.15) is 11.4 Å². The maximum absolute atomic E-state index is 12.7. The third-order valence-corrected chi connectivity index (χ3v) is 5.57. The minimum atomic E-state index is -0.558. The van der Waals surface area contributed by atoms with Crippen molar-refractivity contribution in [2.24, 2.45) is 0 Å². The van der Waals surface area contributed by atoms with Crippen LogP contribution in [-0.4, -0.2) is 34.9 Å². The van der Waals surface area contributed by atoms with Crippen molar-refractivity contribution in [3.05, 3.63) is 53.1 Å². The number of aromatic nitrogens is 1. The second-order valence-electron chi connectivity index (χ2n) is 7.55. The summed E-state index contributed by atoms with van der Waals surface area (Å²) in [5, 5.41) is 3.16. The molecule has 154 valence electrons. The van der Waals surface area contributed by atoms with Gasteiger partial charge in [-0.25, -0.2) is 9.78 Å². The summed E-state index contributed by atoms with van der Waals surface area (Å²) in [6, 6.07) is 9.86. The third-order valence-electron chi connectivity index (χ3n) is 4.63. The number of anilines is 1. The molecule has 0 atom stereocenters. The predicted octanol–water partition coefficient (Wildman–Crippen LogP) is 4.47. The molecule has 7 nitrogen and oxygen atoms in total. The molecule has 1 N–H and O–H groups in total. The highest BCUT2D eigenvalue weighted by molar-refractivity contribution is 7.22. The van der Waals surface area contributed by atoms with E-state index in [0.29, 0.717) is 39.7 Å². The predicted molar refractivity (Wildman–Crippen MR) is 114 cm³/mol. The molecule has 1 aliphatic rings. The molecule has 4 rings (SSSR count). The first-order chi connectivity index (χ1) is 14.3. The Kier molecular flexibility index (Phi) is 5.03. The molecule has 0 radical (unpaired) electrons. The van der Waals surface area contributed by atoms with Gasteiger partial charge in [-0.05, 0) is 57.2 Å². The van der Waals surface area contributed by atoms with Crippen molar-refractivity contribution >= 4 is 44.3 Å². The zero-order chi connectivity index (χ0) is 21.5. The van der Waals surface area contributed by atoms with Gasteiger partial charge >= 0.3 is 5.97 Å². The highest BCUT2D eigenvalue weighted by Gasteiger charge is 2.32. The van der Waals surface area contributed by atoms with Crippen molar-refractivity contribution in [2.75, 3.05) is 11.9 Å². The van der Waals surface area contributed by atoms with Crippen LogP contribution in [0.4, 0.5) is 5.13 Å². The number of Topliss-reactive ketones (excluding diaryl/α,β-unsaturated/α-hetero) is 1. The number of hydrogen-bond acceptors (Lipinski definition) is 7. The van der Waals surface area contributed by atoms with E-state index in [1.165, 1.54) is 11.3 Å². The van der Waals surface area contributed by atoms with Crippen molar-refractivity contribution in [2.45, 2.75) is 32.8 Å². The third kappa shape index (κ3) is 3.91. The van der Waals surface area contributed by atoms with Crippen molar-refractivity contribution in [3.8, 4) is 5.75 Å². The number of nitrogens with one attached hydrogen (secondary N) is 1. The summed E-state index contributed by atoms with van der Waals surface area (Å²) >= 11 is 1.26. The molecule has 0 bridgehead atoms. The van der Waals surface area contributed by atoms with Crippen LogP contribution in [0.1, 0.15) is 58.3 Å². The van der Waals surface area contributed by atoms with Crippen LogP contribution in [-0.2, 0) is 4.74 Å². The van der Waals surface area contributed by atoms with Crippen LogP contribution in [0.15, 0.2) is 36.4 Å². The SMILES string of the molecule is CCOC(=O)c1ccc2nc(NC(=O)c3ccc4c(c3)C(=O)CC(C)(C)O4)sc2c1. The van der Waals surface area contributed by atoms with Crippen LogP contribution >= 0.6 is 11.3 Å². The number of nitrogens with zero attached hydrogens (tertiary/aromatic N) is 1. The number of fused-ring (bicyclic) bond motifs is 2. The summed E-state index contributed by atoms with van der Waals surface area (Å²) in [4.78, 5) is 41.4. The number of ketones is 1. The Morgan fingerprint density at radius 1 is 1.20 bits per heavy atom. The molecule has 8 heteroatoms. The Morgan fingerprint density at radius 2 is 1.97 bits per heavy atom. The summed E-state index contributed by atoms with van der Waals surface area (Å²) in [7, 11) is 0. The standard InChI is InChI=1S/C22H20N2O5S/c1-4-28-20(27)13-5-7-15-18(10-13)30-21(23-15)24-19(26)12-6-8-17-14(9-12)16(25)11-22(2,3)29-17/h5-10H,4,11H2,1-3H3,(H,23,24,26). The number of esters is 1. The molecular weight excluding hydrogens is 404 g/mol. The molecule has 0 saturated carbocycles. The van der Waals surface area contributed by atoms with Gasteiger partial charge in [0.05, 0.1) is 34.4 Å². The number of benzene rings is 2. The molecule has 0 spiro atoms. The lowest BCUT2D eigenvalue weighted by molar-refractivity contribution is 0.0525. The first kappa shape index (κ1) is 20.0. The Hall–Kier alpha value is -3.26. The molecular formula is C22H20N2O5S.